The molecule has 0 amide bonds. The number of ether oxygens (including phenoxy) is 1. The standard InChI is InChI=1S/C18H29N3O.HI/c1-19-18(21-16-8-4-3-5-9-16)20-14-6-7-15-10-12-17(22-2)13-11-15;/h10-13,16H,3-9,14H2,1-2H3,(H2,19,20,21);1H. The van der Waals surface area contributed by atoms with E-state index in [-0.39, 0.29) is 24.0 Å². The molecule has 2 rings (SSSR count). The molecule has 23 heavy (non-hydrogen) atoms. The van der Waals surface area contributed by atoms with Gasteiger partial charge in [-0.15, -0.1) is 24.0 Å². The van der Waals surface area contributed by atoms with Gasteiger partial charge in [-0.05, 0) is 43.4 Å². The molecule has 130 valence electrons. The van der Waals surface area contributed by atoms with Gasteiger partial charge in [-0.25, -0.2) is 0 Å². The average molecular weight is 431 g/mol. The predicted octanol–water partition coefficient (Wildman–Crippen LogP) is 3.74. The van der Waals surface area contributed by atoms with Crippen molar-refractivity contribution in [2.45, 2.75) is 51.0 Å². The Hall–Kier alpha value is -0.980. The number of rotatable bonds is 6. The Balaban J connectivity index is 0.00000264. The molecular weight excluding hydrogens is 401 g/mol. The molecule has 0 spiro atoms. The third-order valence-electron chi connectivity index (χ3n) is 4.26. The van der Waals surface area contributed by atoms with Gasteiger partial charge in [-0.2, -0.15) is 0 Å². The third-order valence-corrected chi connectivity index (χ3v) is 4.26. The summed E-state index contributed by atoms with van der Waals surface area (Å²) < 4.78 is 5.18. The molecule has 0 radical (unpaired) electrons. The molecule has 1 aliphatic rings. The van der Waals surface area contributed by atoms with Crippen LogP contribution in [-0.4, -0.2) is 32.7 Å². The maximum atomic E-state index is 5.18. The first kappa shape index (κ1) is 20.1. The Morgan fingerprint density at radius 3 is 2.48 bits per heavy atom. The first-order valence-corrected chi connectivity index (χ1v) is 8.42. The van der Waals surface area contributed by atoms with Gasteiger partial charge in [0.05, 0.1) is 7.11 Å². The van der Waals surface area contributed by atoms with E-state index in [9.17, 15) is 0 Å². The number of hydrogen-bond acceptors (Lipinski definition) is 2. The van der Waals surface area contributed by atoms with Crippen LogP contribution in [0.1, 0.15) is 44.1 Å². The topological polar surface area (TPSA) is 45.7 Å². The number of aryl methyl sites for hydroxylation is 1. The van der Waals surface area contributed by atoms with Crippen molar-refractivity contribution in [2.75, 3.05) is 20.7 Å². The molecule has 0 atom stereocenters. The molecule has 0 aromatic heterocycles. The van der Waals surface area contributed by atoms with Crippen molar-refractivity contribution in [3.63, 3.8) is 0 Å². The lowest BCUT2D eigenvalue weighted by Gasteiger charge is -2.24. The second-order valence-electron chi connectivity index (χ2n) is 5.93. The van der Waals surface area contributed by atoms with Crippen LogP contribution in [0.5, 0.6) is 5.75 Å². The molecule has 1 fully saturated rings. The lowest BCUT2D eigenvalue weighted by molar-refractivity contribution is 0.410. The van der Waals surface area contributed by atoms with Gasteiger partial charge in [-0.3, -0.25) is 4.99 Å². The van der Waals surface area contributed by atoms with Crippen molar-refractivity contribution in [3.05, 3.63) is 29.8 Å². The molecule has 0 bridgehead atoms. The Morgan fingerprint density at radius 1 is 1.17 bits per heavy atom. The Labute approximate surface area is 157 Å². The van der Waals surface area contributed by atoms with Crippen LogP contribution in [0.3, 0.4) is 0 Å². The zero-order chi connectivity index (χ0) is 15.6. The summed E-state index contributed by atoms with van der Waals surface area (Å²) in [4.78, 5) is 4.33. The lowest BCUT2D eigenvalue weighted by Crippen LogP contribution is -2.44. The number of guanidine groups is 1. The summed E-state index contributed by atoms with van der Waals surface area (Å²) in [7, 11) is 3.55. The van der Waals surface area contributed by atoms with Gasteiger partial charge in [0.15, 0.2) is 5.96 Å². The number of nitrogens with zero attached hydrogens (tertiary/aromatic N) is 1. The molecule has 1 saturated carbocycles. The summed E-state index contributed by atoms with van der Waals surface area (Å²) in [6.45, 7) is 0.943. The van der Waals surface area contributed by atoms with Crippen molar-refractivity contribution in [3.8, 4) is 5.75 Å². The van der Waals surface area contributed by atoms with E-state index in [1.807, 2.05) is 19.2 Å². The summed E-state index contributed by atoms with van der Waals surface area (Å²) in [5.41, 5.74) is 1.35. The zero-order valence-electron chi connectivity index (χ0n) is 14.3. The highest BCUT2D eigenvalue weighted by Crippen LogP contribution is 2.17. The van der Waals surface area contributed by atoms with Crippen LogP contribution in [0.4, 0.5) is 0 Å². The van der Waals surface area contributed by atoms with Crippen molar-refractivity contribution >= 4 is 29.9 Å². The van der Waals surface area contributed by atoms with Crippen molar-refractivity contribution in [2.24, 2.45) is 4.99 Å². The van der Waals surface area contributed by atoms with E-state index in [1.54, 1.807) is 7.11 Å². The molecule has 0 heterocycles. The molecule has 0 saturated heterocycles. The van der Waals surface area contributed by atoms with Gasteiger partial charge in [-0.1, -0.05) is 31.4 Å². The van der Waals surface area contributed by atoms with E-state index in [0.29, 0.717) is 6.04 Å². The summed E-state index contributed by atoms with van der Waals surface area (Å²) in [5.74, 6) is 1.86. The third kappa shape index (κ3) is 7.42. The lowest BCUT2D eigenvalue weighted by atomic mass is 9.96. The molecule has 1 aliphatic carbocycles. The second-order valence-corrected chi connectivity index (χ2v) is 5.93. The van der Waals surface area contributed by atoms with E-state index < -0.39 is 0 Å². The molecule has 5 heteroatoms. The molecule has 1 aromatic rings. The quantitative estimate of drug-likeness (QED) is 0.312. The fourth-order valence-electron chi connectivity index (χ4n) is 2.93. The summed E-state index contributed by atoms with van der Waals surface area (Å²) >= 11 is 0. The highest BCUT2D eigenvalue weighted by atomic mass is 127. The van der Waals surface area contributed by atoms with Gasteiger partial charge in [0.25, 0.3) is 0 Å². The molecular formula is C18H30IN3O. The number of halogens is 1. The number of nitrogens with one attached hydrogen (secondary N) is 2. The Kier molecular flexibility index (Phi) is 10.1. The van der Waals surface area contributed by atoms with Crippen molar-refractivity contribution < 1.29 is 4.74 Å². The Bertz CT molecular complexity index is 456. The van der Waals surface area contributed by atoms with Crippen LogP contribution in [0, 0.1) is 0 Å². The van der Waals surface area contributed by atoms with Gasteiger partial charge < -0.3 is 15.4 Å². The minimum atomic E-state index is 0. The number of methoxy groups -OCH3 is 1. The van der Waals surface area contributed by atoms with Crippen LogP contribution in [0.2, 0.25) is 0 Å². The minimum Gasteiger partial charge on any atom is -0.497 e. The maximum Gasteiger partial charge on any atom is 0.191 e. The van der Waals surface area contributed by atoms with Crippen molar-refractivity contribution in [1.29, 1.82) is 0 Å². The monoisotopic (exact) mass is 431 g/mol. The van der Waals surface area contributed by atoms with Gasteiger partial charge in [0.2, 0.25) is 0 Å². The van der Waals surface area contributed by atoms with Crippen LogP contribution < -0.4 is 15.4 Å². The maximum absolute atomic E-state index is 5.18. The van der Waals surface area contributed by atoms with E-state index in [0.717, 1.165) is 31.1 Å². The summed E-state index contributed by atoms with van der Waals surface area (Å²) in [5, 5.41) is 6.97. The van der Waals surface area contributed by atoms with Crippen molar-refractivity contribution in [1.82, 2.24) is 10.6 Å². The van der Waals surface area contributed by atoms with Gasteiger partial charge in [0, 0.05) is 19.6 Å². The van der Waals surface area contributed by atoms with Gasteiger partial charge in [0.1, 0.15) is 5.75 Å². The Morgan fingerprint density at radius 2 is 1.87 bits per heavy atom. The van der Waals surface area contributed by atoms with Crippen LogP contribution >= 0.6 is 24.0 Å². The minimum absolute atomic E-state index is 0. The first-order chi connectivity index (χ1) is 10.8. The highest BCUT2D eigenvalue weighted by Gasteiger charge is 2.13. The van der Waals surface area contributed by atoms with Gasteiger partial charge >= 0.3 is 0 Å². The predicted molar refractivity (Wildman–Crippen MR) is 108 cm³/mol. The van der Waals surface area contributed by atoms with Crippen LogP contribution in [0.15, 0.2) is 29.3 Å². The summed E-state index contributed by atoms with van der Waals surface area (Å²) in [6.07, 6.45) is 8.76. The molecule has 0 unspecified atom stereocenters. The fourth-order valence-corrected chi connectivity index (χ4v) is 2.93. The highest BCUT2D eigenvalue weighted by molar-refractivity contribution is 14.0. The van der Waals surface area contributed by atoms with E-state index >= 15 is 0 Å². The number of benzene rings is 1. The average Bonchev–Trinajstić information content (AvgIpc) is 2.59. The van der Waals surface area contributed by atoms with E-state index in [2.05, 4.69) is 27.8 Å². The fraction of sp³-hybridized carbons (Fsp3) is 0.611. The van der Waals surface area contributed by atoms with E-state index in [4.69, 9.17) is 4.74 Å². The van der Waals surface area contributed by atoms with Crippen LogP contribution in [0.25, 0.3) is 0 Å². The molecule has 2 N–H and O–H groups in total. The molecule has 1 aromatic carbocycles. The summed E-state index contributed by atoms with van der Waals surface area (Å²) in [6, 6.07) is 8.90. The first-order valence-electron chi connectivity index (χ1n) is 8.42. The largest absolute Gasteiger partial charge is 0.497 e. The second kappa shape index (κ2) is 11.5. The smallest absolute Gasteiger partial charge is 0.191 e. The number of hydrogen-bond donors (Lipinski definition) is 2. The zero-order valence-corrected chi connectivity index (χ0v) is 16.6. The normalized spacial score (nSPS) is 15.7. The van der Waals surface area contributed by atoms with Crippen LogP contribution in [-0.2, 0) is 6.42 Å². The molecule has 0 aliphatic heterocycles. The SMILES string of the molecule is CN=C(NCCCc1ccc(OC)cc1)NC1CCCCC1.I. The molecule has 4 nitrogen and oxygen atoms in total. The number of aliphatic imine (C=N–C) groups is 1. The van der Waals surface area contributed by atoms with E-state index in [1.165, 1.54) is 37.7 Å².